The molecule has 0 unspecified atom stereocenters. The van der Waals surface area contributed by atoms with Gasteiger partial charge in [0, 0.05) is 19.7 Å². The fourth-order valence-corrected chi connectivity index (χ4v) is 1.21. The molecule has 4 nitrogen and oxygen atoms in total. The van der Waals surface area contributed by atoms with Crippen LogP contribution in [0.15, 0.2) is 12.7 Å². The summed E-state index contributed by atoms with van der Waals surface area (Å²) in [5.74, 6) is -0.103. The first-order valence-corrected chi connectivity index (χ1v) is 5.87. The van der Waals surface area contributed by atoms with E-state index in [0.717, 1.165) is 39.1 Å². The molecule has 0 aliphatic rings. The molecule has 0 aliphatic carbocycles. The highest BCUT2D eigenvalue weighted by atomic mass is 16.5. The Balaban J connectivity index is 3.26. The van der Waals surface area contributed by atoms with E-state index < -0.39 is 0 Å². The summed E-state index contributed by atoms with van der Waals surface area (Å²) in [5.41, 5.74) is 0. The summed E-state index contributed by atoms with van der Waals surface area (Å²) < 4.78 is 5.39. The maximum atomic E-state index is 10.8. The zero-order chi connectivity index (χ0) is 12.2. The van der Waals surface area contributed by atoms with Gasteiger partial charge in [-0.1, -0.05) is 13.5 Å². The fraction of sp³-hybridized carbons (Fsp3) is 0.750. The quantitative estimate of drug-likeness (QED) is 0.449. The highest BCUT2D eigenvalue weighted by molar-refractivity contribution is 5.86. The Bertz CT molecular complexity index is 195. The van der Waals surface area contributed by atoms with Crippen LogP contribution in [0.3, 0.4) is 0 Å². The highest BCUT2D eigenvalue weighted by Crippen LogP contribution is 1.88. The summed E-state index contributed by atoms with van der Waals surface area (Å²) in [6, 6.07) is 0. The van der Waals surface area contributed by atoms with Crippen molar-refractivity contribution >= 4 is 5.91 Å². The average Bonchev–Trinajstić information content (AvgIpc) is 2.30. The molecule has 0 aromatic carbocycles. The number of carbonyl (C=O) groups excluding carboxylic acids is 1. The third-order valence-electron chi connectivity index (χ3n) is 2.17. The van der Waals surface area contributed by atoms with Gasteiger partial charge in [0.25, 0.3) is 0 Å². The number of hydrogen-bond donors (Lipinski definition) is 1. The van der Waals surface area contributed by atoms with Crippen LogP contribution in [0.1, 0.15) is 19.8 Å². The molecule has 0 aromatic heterocycles. The molecule has 0 bridgehead atoms. The normalized spacial score (nSPS) is 10.4. The minimum absolute atomic E-state index is 0.103. The van der Waals surface area contributed by atoms with Gasteiger partial charge in [0.2, 0.25) is 5.91 Å². The van der Waals surface area contributed by atoms with Crippen molar-refractivity contribution in [2.75, 3.05) is 39.9 Å². The van der Waals surface area contributed by atoms with Gasteiger partial charge in [-0.25, -0.2) is 0 Å². The van der Waals surface area contributed by atoms with Crippen molar-refractivity contribution in [3.63, 3.8) is 0 Å². The summed E-state index contributed by atoms with van der Waals surface area (Å²) in [6.45, 7) is 9.72. The Kier molecular flexibility index (Phi) is 10.1. The van der Waals surface area contributed by atoms with Crippen LogP contribution in [-0.2, 0) is 9.53 Å². The van der Waals surface area contributed by atoms with Crippen molar-refractivity contribution in [3.8, 4) is 0 Å². The predicted molar refractivity (Wildman–Crippen MR) is 66.4 cm³/mol. The zero-order valence-corrected chi connectivity index (χ0v) is 10.5. The molecule has 0 fully saturated rings. The molecule has 0 radical (unpaired) electrons. The average molecular weight is 228 g/mol. The molecule has 0 heterocycles. The zero-order valence-electron chi connectivity index (χ0n) is 10.5. The number of ether oxygens (including phenoxy) is 1. The summed E-state index contributed by atoms with van der Waals surface area (Å²) in [6.07, 6.45) is 3.31. The first-order valence-electron chi connectivity index (χ1n) is 5.87. The maximum absolute atomic E-state index is 10.8. The second-order valence-electron chi connectivity index (χ2n) is 3.76. The molecule has 1 N–H and O–H groups in total. The summed E-state index contributed by atoms with van der Waals surface area (Å²) in [5, 5.41) is 2.75. The maximum Gasteiger partial charge on any atom is 0.243 e. The molecule has 94 valence electrons. The first kappa shape index (κ1) is 15.1. The van der Waals surface area contributed by atoms with Gasteiger partial charge in [0.15, 0.2) is 0 Å². The third kappa shape index (κ3) is 9.68. The standard InChI is InChI=1S/C12H24N2O2/c1-4-10-16-11-9-14(3)8-6-7-13-12(15)5-2/h5H,2,4,6-11H2,1,3H3,(H,13,15). The van der Waals surface area contributed by atoms with Gasteiger partial charge in [-0.05, 0) is 32.5 Å². The van der Waals surface area contributed by atoms with Crippen LogP contribution in [-0.4, -0.2) is 50.7 Å². The monoisotopic (exact) mass is 228 g/mol. The highest BCUT2D eigenvalue weighted by Gasteiger charge is 1.98. The predicted octanol–water partition coefficient (Wildman–Crippen LogP) is 1.04. The van der Waals surface area contributed by atoms with Crippen LogP contribution in [0.2, 0.25) is 0 Å². The van der Waals surface area contributed by atoms with Crippen molar-refractivity contribution in [2.45, 2.75) is 19.8 Å². The summed E-state index contributed by atoms with van der Waals surface area (Å²) >= 11 is 0. The topological polar surface area (TPSA) is 41.6 Å². The minimum Gasteiger partial charge on any atom is -0.380 e. The van der Waals surface area contributed by atoms with Crippen LogP contribution in [0.4, 0.5) is 0 Å². The van der Waals surface area contributed by atoms with Gasteiger partial charge >= 0.3 is 0 Å². The van der Waals surface area contributed by atoms with E-state index in [-0.39, 0.29) is 5.91 Å². The van der Waals surface area contributed by atoms with E-state index in [1.807, 2.05) is 0 Å². The molecule has 16 heavy (non-hydrogen) atoms. The van der Waals surface area contributed by atoms with E-state index >= 15 is 0 Å². The Labute approximate surface area is 98.6 Å². The number of nitrogens with one attached hydrogen (secondary N) is 1. The Morgan fingerprint density at radius 2 is 2.19 bits per heavy atom. The van der Waals surface area contributed by atoms with Crippen LogP contribution in [0, 0.1) is 0 Å². The van der Waals surface area contributed by atoms with E-state index in [9.17, 15) is 4.79 Å². The fourth-order valence-electron chi connectivity index (χ4n) is 1.21. The van der Waals surface area contributed by atoms with Gasteiger partial charge in [-0.3, -0.25) is 4.79 Å². The molecule has 4 heteroatoms. The molecule has 0 saturated heterocycles. The molecule has 0 saturated carbocycles. The second kappa shape index (κ2) is 10.6. The van der Waals surface area contributed by atoms with E-state index in [1.54, 1.807) is 0 Å². The van der Waals surface area contributed by atoms with Crippen LogP contribution < -0.4 is 5.32 Å². The lowest BCUT2D eigenvalue weighted by Gasteiger charge is -2.16. The SMILES string of the molecule is C=CC(=O)NCCCN(C)CCOCCC. The van der Waals surface area contributed by atoms with Crippen molar-refractivity contribution in [1.29, 1.82) is 0 Å². The van der Waals surface area contributed by atoms with E-state index in [0.29, 0.717) is 6.54 Å². The largest absolute Gasteiger partial charge is 0.380 e. The van der Waals surface area contributed by atoms with Crippen molar-refractivity contribution in [3.05, 3.63) is 12.7 Å². The van der Waals surface area contributed by atoms with Crippen molar-refractivity contribution < 1.29 is 9.53 Å². The first-order chi connectivity index (χ1) is 7.70. The molecule has 1 amide bonds. The minimum atomic E-state index is -0.103. The molecule has 0 spiro atoms. The summed E-state index contributed by atoms with van der Waals surface area (Å²) in [4.78, 5) is 13.0. The van der Waals surface area contributed by atoms with Gasteiger partial charge < -0.3 is 15.0 Å². The third-order valence-corrected chi connectivity index (χ3v) is 2.17. The molecule has 0 aliphatic heterocycles. The smallest absolute Gasteiger partial charge is 0.243 e. The number of hydrogen-bond acceptors (Lipinski definition) is 3. The number of carbonyl (C=O) groups is 1. The Morgan fingerprint density at radius 1 is 1.44 bits per heavy atom. The van der Waals surface area contributed by atoms with E-state index in [2.05, 4.69) is 30.8 Å². The van der Waals surface area contributed by atoms with Gasteiger partial charge in [0.05, 0.1) is 6.61 Å². The van der Waals surface area contributed by atoms with Crippen LogP contribution >= 0.6 is 0 Å². The lowest BCUT2D eigenvalue weighted by Crippen LogP contribution is -2.28. The lowest BCUT2D eigenvalue weighted by molar-refractivity contribution is -0.116. The van der Waals surface area contributed by atoms with Gasteiger partial charge in [-0.2, -0.15) is 0 Å². The van der Waals surface area contributed by atoms with E-state index in [1.165, 1.54) is 6.08 Å². The molecular weight excluding hydrogens is 204 g/mol. The molecular formula is C12H24N2O2. The number of likely N-dealkylation sites (N-methyl/N-ethyl adjacent to an activating group) is 1. The van der Waals surface area contributed by atoms with Crippen LogP contribution in [0.5, 0.6) is 0 Å². The number of nitrogens with zero attached hydrogens (tertiary/aromatic N) is 1. The second-order valence-corrected chi connectivity index (χ2v) is 3.76. The lowest BCUT2D eigenvalue weighted by atomic mass is 10.4. The molecule has 0 rings (SSSR count). The van der Waals surface area contributed by atoms with Crippen molar-refractivity contribution in [2.24, 2.45) is 0 Å². The summed E-state index contributed by atoms with van der Waals surface area (Å²) in [7, 11) is 2.06. The molecule has 0 atom stereocenters. The van der Waals surface area contributed by atoms with Gasteiger partial charge in [-0.15, -0.1) is 0 Å². The number of rotatable bonds is 10. The molecule has 0 aromatic rings. The Hall–Kier alpha value is -0.870. The van der Waals surface area contributed by atoms with Crippen molar-refractivity contribution in [1.82, 2.24) is 10.2 Å². The van der Waals surface area contributed by atoms with E-state index in [4.69, 9.17) is 4.74 Å². The van der Waals surface area contributed by atoms with Crippen LogP contribution in [0.25, 0.3) is 0 Å². The number of amides is 1. The Morgan fingerprint density at radius 3 is 2.81 bits per heavy atom. The van der Waals surface area contributed by atoms with Gasteiger partial charge in [0.1, 0.15) is 0 Å².